The molecule has 1 saturated heterocycles. The van der Waals surface area contributed by atoms with E-state index in [-0.39, 0.29) is 12.1 Å². The Balaban J connectivity index is 1.56. The molecule has 3 aromatic rings. The normalized spacial score (nSPS) is 16.8. The molecule has 4 rings (SSSR count). The smallest absolute Gasteiger partial charge is 0.414 e. The van der Waals surface area contributed by atoms with Crippen molar-refractivity contribution in [3.8, 4) is 22.6 Å². The molecule has 1 amide bonds. The van der Waals surface area contributed by atoms with Crippen molar-refractivity contribution >= 4 is 11.8 Å². The predicted octanol–water partition coefficient (Wildman–Crippen LogP) is 2.67. The Morgan fingerprint density at radius 3 is 2.54 bits per heavy atom. The standard InChI is InChI=1S/C18H18N6O2/c1-3-14-11-26-18(25)24(14)15-7-4-12(5-8-15)13-6-9-16(19-10-13)17-20-22-23(2)21-17/h4-10,14H,3,11H2,1-2H3/t14-/m1/s1. The van der Waals surface area contributed by atoms with Gasteiger partial charge in [-0.25, -0.2) is 4.79 Å². The van der Waals surface area contributed by atoms with Crippen LogP contribution < -0.4 is 4.90 Å². The highest BCUT2D eigenvalue weighted by Crippen LogP contribution is 2.28. The quantitative estimate of drug-likeness (QED) is 0.719. The minimum Gasteiger partial charge on any atom is -0.447 e. The maximum absolute atomic E-state index is 11.9. The summed E-state index contributed by atoms with van der Waals surface area (Å²) in [5.41, 5.74) is 3.50. The van der Waals surface area contributed by atoms with Crippen molar-refractivity contribution in [3.05, 3.63) is 42.6 Å². The van der Waals surface area contributed by atoms with Gasteiger partial charge in [0.2, 0.25) is 5.82 Å². The molecule has 0 radical (unpaired) electrons. The first-order valence-corrected chi connectivity index (χ1v) is 8.42. The predicted molar refractivity (Wildman–Crippen MR) is 95.4 cm³/mol. The molecule has 1 aromatic carbocycles. The molecular weight excluding hydrogens is 332 g/mol. The van der Waals surface area contributed by atoms with Crippen LogP contribution in [0.1, 0.15) is 13.3 Å². The lowest BCUT2D eigenvalue weighted by Gasteiger charge is -2.20. The number of hydrogen-bond acceptors (Lipinski definition) is 6. The number of benzene rings is 1. The average molecular weight is 350 g/mol. The van der Waals surface area contributed by atoms with Crippen LogP contribution in [-0.4, -0.2) is 43.9 Å². The van der Waals surface area contributed by atoms with E-state index >= 15 is 0 Å². The first-order valence-electron chi connectivity index (χ1n) is 8.42. The summed E-state index contributed by atoms with van der Waals surface area (Å²) in [6.45, 7) is 2.49. The summed E-state index contributed by atoms with van der Waals surface area (Å²) in [6, 6.07) is 11.7. The third-order valence-electron chi connectivity index (χ3n) is 4.41. The van der Waals surface area contributed by atoms with E-state index < -0.39 is 0 Å². The minimum atomic E-state index is -0.285. The summed E-state index contributed by atoms with van der Waals surface area (Å²) in [5, 5.41) is 11.9. The minimum absolute atomic E-state index is 0.0915. The van der Waals surface area contributed by atoms with Crippen LogP contribution >= 0.6 is 0 Å². The molecule has 0 N–H and O–H groups in total. The van der Waals surface area contributed by atoms with Crippen molar-refractivity contribution in [1.29, 1.82) is 0 Å². The van der Waals surface area contributed by atoms with Crippen molar-refractivity contribution in [3.63, 3.8) is 0 Å². The number of rotatable bonds is 4. The van der Waals surface area contributed by atoms with Gasteiger partial charge in [-0.1, -0.05) is 25.1 Å². The van der Waals surface area contributed by atoms with Crippen molar-refractivity contribution < 1.29 is 9.53 Å². The van der Waals surface area contributed by atoms with Crippen LogP contribution in [0.15, 0.2) is 42.6 Å². The van der Waals surface area contributed by atoms with Crippen LogP contribution in [0.3, 0.4) is 0 Å². The van der Waals surface area contributed by atoms with Gasteiger partial charge in [0.15, 0.2) is 0 Å². The van der Waals surface area contributed by atoms with E-state index in [1.54, 1.807) is 18.1 Å². The van der Waals surface area contributed by atoms with Crippen LogP contribution in [0, 0.1) is 0 Å². The first-order chi connectivity index (χ1) is 12.7. The summed E-state index contributed by atoms with van der Waals surface area (Å²) in [5.74, 6) is 0.493. The molecule has 8 nitrogen and oxygen atoms in total. The number of ether oxygens (including phenoxy) is 1. The molecule has 26 heavy (non-hydrogen) atoms. The number of carbonyl (C=O) groups is 1. The zero-order valence-corrected chi connectivity index (χ0v) is 14.5. The lowest BCUT2D eigenvalue weighted by molar-refractivity contribution is 0.178. The molecule has 0 aliphatic carbocycles. The van der Waals surface area contributed by atoms with Gasteiger partial charge >= 0.3 is 6.09 Å². The SMILES string of the molecule is CC[C@@H]1COC(=O)N1c1ccc(-c2ccc(-c3nnn(C)n3)nc2)cc1. The maximum Gasteiger partial charge on any atom is 0.414 e. The van der Waals surface area contributed by atoms with Gasteiger partial charge in [-0.15, -0.1) is 10.2 Å². The fourth-order valence-electron chi connectivity index (χ4n) is 2.98. The highest BCUT2D eigenvalue weighted by Gasteiger charge is 2.32. The third-order valence-corrected chi connectivity index (χ3v) is 4.41. The van der Waals surface area contributed by atoms with Crippen molar-refractivity contribution in [2.75, 3.05) is 11.5 Å². The molecule has 1 fully saturated rings. The molecule has 1 atom stereocenters. The molecule has 2 aromatic heterocycles. The molecule has 1 aliphatic rings. The van der Waals surface area contributed by atoms with Gasteiger partial charge in [0.1, 0.15) is 12.3 Å². The molecule has 1 aliphatic heterocycles. The van der Waals surface area contributed by atoms with E-state index in [9.17, 15) is 4.79 Å². The highest BCUT2D eigenvalue weighted by molar-refractivity contribution is 5.90. The topological polar surface area (TPSA) is 86.0 Å². The van der Waals surface area contributed by atoms with E-state index in [2.05, 4.69) is 20.4 Å². The summed E-state index contributed by atoms with van der Waals surface area (Å²) in [6.07, 6.45) is 2.35. The number of tetrazole rings is 1. The van der Waals surface area contributed by atoms with Crippen molar-refractivity contribution in [2.45, 2.75) is 19.4 Å². The Labute approximate surface area is 150 Å². The third kappa shape index (κ3) is 2.90. The monoisotopic (exact) mass is 350 g/mol. The van der Waals surface area contributed by atoms with Gasteiger partial charge in [-0.3, -0.25) is 9.88 Å². The zero-order chi connectivity index (χ0) is 18.1. The Morgan fingerprint density at radius 2 is 1.92 bits per heavy atom. The molecule has 0 unspecified atom stereocenters. The van der Waals surface area contributed by atoms with Gasteiger partial charge in [0.25, 0.3) is 0 Å². The maximum atomic E-state index is 11.9. The van der Waals surface area contributed by atoms with E-state index in [0.29, 0.717) is 18.1 Å². The van der Waals surface area contributed by atoms with Crippen LogP contribution in [-0.2, 0) is 11.8 Å². The molecular formula is C18H18N6O2. The van der Waals surface area contributed by atoms with Crippen LogP contribution in [0.25, 0.3) is 22.6 Å². The summed E-state index contributed by atoms with van der Waals surface area (Å²) < 4.78 is 5.15. The molecule has 132 valence electrons. The summed E-state index contributed by atoms with van der Waals surface area (Å²) >= 11 is 0. The van der Waals surface area contributed by atoms with Gasteiger partial charge in [0, 0.05) is 17.4 Å². The Kier molecular flexibility index (Phi) is 4.08. The lowest BCUT2D eigenvalue weighted by atomic mass is 10.1. The number of amides is 1. The lowest BCUT2D eigenvalue weighted by Crippen LogP contribution is -2.32. The molecule has 3 heterocycles. The average Bonchev–Trinajstić information content (AvgIpc) is 3.27. The molecule has 0 spiro atoms. The van der Waals surface area contributed by atoms with Crippen molar-refractivity contribution in [1.82, 2.24) is 25.2 Å². The van der Waals surface area contributed by atoms with Gasteiger partial charge < -0.3 is 4.74 Å². The fourth-order valence-corrected chi connectivity index (χ4v) is 2.98. The fraction of sp³-hybridized carbons (Fsp3) is 0.278. The summed E-state index contributed by atoms with van der Waals surface area (Å²) in [7, 11) is 1.71. The summed E-state index contributed by atoms with van der Waals surface area (Å²) in [4.78, 5) is 19.5. The molecule has 0 saturated carbocycles. The van der Waals surface area contributed by atoms with Crippen LogP contribution in [0.5, 0.6) is 0 Å². The number of aryl methyl sites for hydroxylation is 1. The zero-order valence-electron chi connectivity index (χ0n) is 14.5. The number of pyridine rings is 1. The highest BCUT2D eigenvalue weighted by atomic mass is 16.6. The second kappa shape index (κ2) is 6.55. The number of aromatic nitrogens is 5. The number of cyclic esters (lactones) is 1. The van der Waals surface area contributed by atoms with Gasteiger partial charge in [0.05, 0.1) is 13.1 Å². The first kappa shape index (κ1) is 16.2. The van der Waals surface area contributed by atoms with Crippen LogP contribution in [0.4, 0.5) is 10.5 Å². The van der Waals surface area contributed by atoms with E-state index in [4.69, 9.17) is 4.74 Å². The second-order valence-corrected chi connectivity index (χ2v) is 6.09. The number of nitrogens with zero attached hydrogens (tertiary/aromatic N) is 6. The van der Waals surface area contributed by atoms with Gasteiger partial charge in [-0.2, -0.15) is 4.80 Å². The molecule has 0 bridgehead atoms. The van der Waals surface area contributed by atoms with E-state index in [1.807, 2.05) is 43.3 Å². The van der Waals surface area contributed by atoms with Gasteiger partial charge in [-0.05, 0) is 35.4 Å². The number of anilines is 1. The Hall–Kier alpha value is -3.29. The van der Waals surface area contributed by atoms with Crippen LogP contribution in [0.2, 0.25) is 0 Å². The van der Waals surface area contributed by atoms with E-state index in [1.165, 1.54) is 4.80 Å². The Morgan fingerprint density at radius 1 is 1.15 bits per heavy atom. The van der Waals surface area contributed by atoms with E-state index in [0.717, 1.165) is 23.2 Å². The molecule has 8 heteroatoms. The Bertz CT molecular complexity index is 920. The second-order valence-electron chi connectivity index (χ2n) is 6.09. The number of carbonyl (C=O) groups excluding carboxylic acids is 1. The van der Waals surface area contributed by atoms with Crippen molar-refractivity contribution in [2.24, 2.45) is 7.05 Å². The largest absolute Gasteiger partial charge is 0.447 e. The number of hydrogen-bond donors (Lipinski definition) is 0.